The summed E-state index contributed by atoms with van der Waals surface area (Å²) >= 11 is 0. The summed E-state index contributed by atoms with van der Waals surface area (Å²) in [5.41, 5.74) is 1.14. The second-order valence-electron chi connectivity index (χ2n) is 8.05. The quantitative estimate of drug-likeness (QED) is 0.462. The Balaban J connectivity index is 2.54. The Bertz CT molecular complexity index is 563. The van der Waals surface area contributed by atoms with E-state index in [-0.39, 0.29) is 16.8 Å². The van der Waals surface area contributed by atoms with Gasteiger partial charge in [0, 0.05) is 11.2 Å². The summed E-state index contributed by atoms with van der Waals surface area (Å²) < 4.78 is 11.1. The van der Waals surface area contributed by atoms with Crippen molar-refractivity contribution in [1.29, 1.82) is 0 Å². The highest BCUT2D eigenvalue weighted by Crippen LogP contribution is 2.54. The Kier molecular flexibility index (Phi) is 8.97. The first-order valence-corrected chi connectivity index (χ1v) is 11.7. The van der Waals surface area contributed by atoms with Gasteiger partial charge in [-0.1, -0.05) is 34.9 Å². The number of aliphatic hydroxyl groups excluding tert-OH is 1. The molecule has 150 valence electrons. The molecule has 0 saturated carbocycles. The first-order chi connectivity index (χ1) is 12.1. The SMILES string of the molecule is COC(=O)CCCCC(O)CCc1ccccc1OS(C)(C)C(C)(C)C. The lowest BCUT2D eigenvalue weighted by Gasteiger charge is -2.44. The van der Waals surface area contributed by atoms with Crippen molar-refractivity contribution >= 4 is 16.3 Å². The minimum atomic E-state index is -1.25. The molecule has 0 fully saturated rings. The lowest BCUT2D eigenvalue weighted by Crippen LogP contribution is -2.27. The zero-order chi connectivity index (χ0) is 19.8. The fourth-order valence-corrected chi connectivity index (χ4v) is 3.22. The molecule has 26 heavy (non-hydrogen) atoms. The van der Waals surface area contributed by atoms with Gasteiger partial charge in [0.25, 0.3) is 0 Å². The number of ether oxygens (including phenoxy) is 1. The van der Waals surface area contributed by atoms with Crippen LogP contribution in [-0.4, -0.2) is 41.5 Å². The van der Waals surface area contributed by atoms with Crippen LogP contribution in [-0.2, 0) is 16.0 Å². The normalized spacial score (nSPS) is 14.0. The maximum Gasteiger partial charge on any atom is 0.305 e. The predicted molar refractivity (Wildman–Crippen MR) is 111 cm³/mol. The molecule has 1 aromatic carbocycles. The topological polar surface area (TPSA) is 55.8 Å². The van der Waals surface area contributed by atoms with E-state index >= 15 is 0 Å². The van der Waals surface area contributed by atoms with Crippen LogP contribution < -0.4 is 4.18 Å². The maximum atomic E-state index is 11.1. The van der Waals surface area contributed by atoms with Crippen LogP contribution in [0.15, 0.2) is 24.3 Å². The molecule has 5 heteroatoms. The van der Waals surface area contributed by atoms with Crippen LogP contribution in [0.4, 0.5) is 0 Å². The van der Waals surface area contributed by atoms with Crippen molar-refractivity contribution in [3.63, 3.8) is 0 Å². The van der Waals surface area contributed by atoms with Crippen LogP contribution in [0.3, 0.4) is 0 Å². The molecule has 0 amide bonds. The standard InChI is InChI=1S/C21H36O4S/c1-21(2,3)26(5,6)25-19-13-9-7-11-17(19)15-16-18(22)12-8-10-14-20(23)24-4/h7,9,11,13,18,22H,8,10,12,14-16H2,1-6H3. The second-order valence-corrected chi connectivity index (χ2v) is 11.9. The van der Waals surface area contributed by atoms with E-state index in [1.807, 2.05) is 18.2 Å². The van der Waals surface area contributed by atoms with Gasteiger partial charge >= 0.3 is 5.97 Å². The summed E-state index contributed by atoms with van der Waals surface area (Å²) in [5.74, 6) is 0.745. The monoisotopic (exact) mass is 384 g/mol. The summed E-state index contributed by atoms with van der Waals surface area (Å²) in [6.07, 6.45) is 8.23. The highest BCUT2D eigenvalue weighted by Gasteiger charge is 2.30. The molecule has 0 heterocycles. The van der Waals surface area contributed by atoms with Crippen LogP contribution in [0.25, 0.3) is 0 Å². The van der Waals surface area contributed by atoms with Crippen molar-refractivity contribution < 1.29 is 18.8 Å². The Morgan fingerprint density at radius 2 is 1.81 bits per heavy atom. The van der Waals surface area contributed by atoms with Gasteiger partial charge in [-0.25, -0.2) is 0 Å². The fourth-order valence-electron chi connectivity index (χ4n) is 2.36. The van der Waals surface area contributed by atoms with Crippen LogP contribution in [0.2, 0.25) is 0 Å². The number of aliphatic hydroxyl groups is 1. The molecular formula is C21H36O4S. The second kappa shape index (κ2) is 10.2. The molecule has 0 bridgehead atoms. The van der Waals surface area contributed by atoms with Gasteiger partial charge in [-0.3, -0.25) is 4.79 Å². The predicted octanol–water partition coefficient (Wildman–Crippen LogP) is 4.87. The molecule has 4 nitrogen and oxygen atoms in total. The number of carbonyl (C=O) groups excluding carboxylic acids is 1. The number of carbonyl (C=O) groups is 1. The van der Waals surface area contributed by atoms with Crippen LogP contribution in [0.1, 0.15) is 58.4 Å². The molecular weight excluding hydrogens is 348 g/mol. The van der Waals surface area contributed by atoms with Crippen LogP contribution in [0, 0.1) is 0 Å². The van der Waals surface area contributed by atoms with E-state index in [1.54, 1.807) is 0 Å². The molecule has 0 saturated heterocycles. The third-order valence-corrected chi connectivity index (χ3v) is 8.43. The molecule has 1 unspecified atom stereocenters. The lowest BCUT2D eigenvalue weighted by molar-refractivity contribution is -0.140. The van der Waals surface area contributed by atoms with Crippen molar-refractivity contribution in [3.8, 4) is 5.75 Å². The maximum absolute atomic E-state index is 11.1. The molecule has 0 aliphatic carbocycles. The average molecular weight is 385 g/mol. The fraction of sp³-hybridized carbons (Fsp3) is 0.667. The molecule has 1 rings (SSSR count). The van der Waals surface area contributed by atoms with Crippen molar-refractivity contribution in [3.05, 3.63) is 29.8 Å². The first-order valence-electron chi connectivity index (χ1n) is 9.32. The van der Waals surface area contributed by atoms with Gasteiger partial charge in [0.15, 0.2) is 0 Å². The Hall–Kier alpha value is -1.20. The highest BCUT2D eigenvalue weighted by molar-refractivity contribution is 8.30. The molecule has 0 aliphatic heterocycles. The molecule has 1 aromatic rings. The van der Waals surface area contributed by atoms with E-state index in [4.69, 9.17) is 4.18 Å². The zero-order valence-electron chi connectivity index (χ0n) is 17.2. The number of rotatable bonds is 10. The number of esters is 1. The van der Waals surface area contributed by atoms with Crippen molar-refractivity contribution in [2.75, 3.05) is 19.6 Å². The molecule has 0 aliphatic rings. The number of methoxy groups -OCH3 is 1. The minimum absolute atomic E-state index is 0.0965. The molecule has 0 radical (unpaired) electrons. The van der Waals surface area contributed by atoms with Crippen molar-refractivity contribution in [1.82, 2.24) is 0 Å². The smallest absolute Gasteiger partial charge is 0.305 e. The average Bonchev–Trinajstić information content (AvgIpc) is 2.56. The zero-order valence-corrected chi connectivity index (χ0v) is 18.0. The molecule has 0 aromatic heterocycles. The number of para-hydroxylation sites is 1. The van der Waals surface area contributed by atoms with E-state index < -0.39 is 10.3 Å². The van der Waals surface area contributed by atoms with Gasteiger partial charge in [-0.15, -0.1) is 0 Å². The number of hydrogen-bond donors (Lipinski definition) is 1. The van der Waals surface area contributed by atoms with E-state index in [2.05, 4.69) is 44.1 Å². The molecule has 1 atom stereocenters. The van der Waals surface area contributed by atoms with E-state index in [0.717, 1.165) is 30.6 Å². The van der Waals surface area contributed by atoms with Gasteiger partial charge in [0.2, 0.25) is 0 Å². The van der Waals surface area contributed by atoms with Gasteiger partial charge in [0.1, 0.15) is 5.75 Å². The lowest BCUT2D eigenvalue weighted by atomic mass is 10.0. The number of benzene rings is 1. The van der Waals surface area contributed by atoms with E-state index in [1.165, 1.54) is 7.11 Å². The van der Waals surface area contributed by atoms with Crippen molar-refractivity contribution in [2.45, 2.75) is 70.1 Å². The van der Waals surface area contributed by atoms with E-state index in [9.17, 15) is 9.90 Å². The van der Waals surface area contributed by atoms with Gasteiger partial charge in [-0.2, -0.15) is 0 Å². The summed E-state index contributed by atoms with van der Waals surface area (Å²) in [6.45, 7) is 6.63. The largest absolute Gasteiger partial charge is 0.469 e. The third kappa shape index (κ3) is 7.58. The minimum Gasteiger partial charge on any atom is -0.469 e. The Labute approximate surface area is 160 Å². The highest BCUT2D eigenvalue weighted by atomic mass is 32.3. The van der Waals surface area contributed by atoms with Gasteiger partial charge in [0.05, 0.1) is 13.2 Å². The summed E-state index contributed by atoms with van der Waals surface area (Å²) in [4.78, 5) is 11.1. The first kappa shape index (κ1) is 22.8. The summed E-state index contributed by atoms with van der Waals surface area (Å²) in [7, 11) is 0.156. The summed E-state index contributed by atoms with van der Waals surface area (Å²) in [5, 5.41) is 10.2. The third-order valence-electron chi connectivity index (χ3n) is 4.89. The van der Waals surface area contributed by atoms with Gasteiger partial charge < -0.3 is 14.0 Å². The summed E-state index contributed by atoms with van der Waals surface area (Å²) in [6, 6.07) is 8.13. The Morgan fingerprint density at radius 1 is 1.15 bits per heavy atom. The van der Waals surface area contributed by atoms with Crippen molar-refractivity contribution in [2.24, 2.45) is 0 Å². The number of hydrogen-bond acceptors (Lipinski definition) is 4. The van der Waals surface area contributed by atoms with Crippen LogP contribution >= 0.6 is 10.3 Å². The number of unbranched alkanes of at least 4 members (excludes halogenated alkanes) is 1. The van der Waals surface area contributed by atoms with E-state index in [0.29, 0.717) is 19.3 Å². The number of aryl methyl sites for hydroxylation is 1. The molecule has 0 spiro atoms. The van der Waals surface area contributed by atoms with Gasteiger partial charge in [-0.05, 0) is 70.6 Å². The molecule has 1 N–H and O–H groups in total. The van der Waals surface area contributed by atoms with Crippen LogP contribution in [0.5, 0.6) is 5.75 Å². The Morgan fingerprint density at radius 3 is 2.42 bits per heavy atom.